The lowest BCUT2D eigenvalue weighted by Crippen LogP contribution is -2.39. The first kappa shape index (κ1) is 10.7. The summed E-state index contributed by atoms with van der Waals surface area (Å²) < 4.78 is 1.45. The Kier molecular flexibility index (Phi) is 2.75. The molecule has 1 aliphatic heterocycles. The van der Waals surface area contributed by atoms with Crippen LogP contribution in [0.2, 0.25) is 0 Å². The first-order valence-electron chi connectivity index (χ1n) is 5.67. The van der Waals surface area contributed by atoms with E-state index in [2.05, 4.69) is 29.5 Å². The summed E-state index contributed by atoms with van der Waals surface area (Å²) in [6.45, 7) is 1.12. The van der Waals surface area contributed by atoms with Crippen LogP contribution in [-0.4, -0.2) is 24.5 Å². The van der Waals surface area contributed by atoms with Crippen molar-refractivity contribution in [2.24, 2.45) is 5.73 Å². The Morgan fingerprint density at radius 1 is 1.50 bits per heavy atom. The number of fused-ring (bicyclic) bond motifs is 1. The van der Waals surface area contributed by atoms with Gasteiger partial charge in [0.25, 0.3) is 0 Å². The fourth-order valence-electron chi connectivity index (χ4n) is 2.39. The quantitative estimate of drug-likeness (QED) is 0.845. The molecule has 16 heavy (non-hydrogen) atoms. The van der Waals surface area contributed by atoms with Crippen LogP contribution >= 0.6 is 22.7 Å². The molecule has 86 valence electrons. The number of likely N-dealkylation sites (tertiary alicyclic amines) is 1. The fourth-order valence-corrected chi connectivity index (χ4v) is 4.70. The molecule has 2 atom stereocenters. The summed E-state index contributed by atoms with van der Waals surface area (Å²) in [5.41, 5.74) is 6.07. The Hall–Kier alpha value is -0.420. The molecular weight excluding hydrogens is 236 g/mol. The van der Waals surface area contributed by atoms with Gasteiger partial charge >= 0.3 is 0 Å². The molecule has 0 spiro atoms. The summed E-state index contributed by atoms with van der Waals surface area (Å²) in [5.74, 6) is 0. The number of hydrogen-bond acceptors (Lipinski definition) is 4. The minimum Gasteiger partial charge on any atom is -0.328 e. The number of nitrogens with zero attached hydrogens (tertiary/aromatic N) is 1. The molecule has 2 nitrogen and oxygen atoms in total. The summed E-state index contributed by atoms with van der Waals surface area (Å²) >= 11 is 3.78. The molecule has 1 saturated heterocycles. The molecule has 1 aliphatic rings. The van der Waals surface area contributed by atoms with Crippen LogP contribution in [0.25, 0.3) is 9.40 Å². The van der Waals surface area contributed by atoms with Gasteiger partial charge in [0.15, 0.2) is 0 Å². The molecule has 0 amide bonds. The van der Waals surface area contributed by atoms with E-state index in [4.69, 9.17) is 5.73 Å². The second kappa shape index (κ2) is 4.11. The van der Waals surface area contributed by atoms with Crippen LogP contribution in [0, 0.1) is 0 Å². The summed E-state index contributed by atoms with van der Waals surface area (Å²) in [6.07, 6.45) is 2.23. The van der Waals surface area contributed by atoms with Crippen LogP contribution < -0.4 is 5.73 Å². The van der Waals surface area contributed by atoms with Gasteiger partial charge in [-0.2, -0.15) is 0 Å². The minimum atomic E-state index is 0.376. The van der Waals surface area contributed by atoms with Gasteiger partial charge in [-0.15, -0.1) is 22.7 Å². The maximum absolute atomic E-state index is 6.07. The zero-order valence-corrected chi connectivity index (χ0v) is 11.0. The van der Waals surface area contributed by atoms with Gasteiger partial charge in [0, 0.05) is 22.3 Å². The van der Waals surface area contributed by atoms with E-state index < -0.39 is 0 Å². The SMILES string of the molecule is CN1CCC(N)CC1c1cc2ccsc2s1. The van der Waals surface area contributed by atoms with E-state index in [1.54, 1.807) is 0 Å². The van der Waals surface area contributed by atoms with Gasteiger partial charge in [0.2, 0.25) is 0 Å². The third-order valence-corrected chi connectivity index (χ3v) is 5.71. The molecule has 1 fully saturated rings. The Morgan fingerprint density at radius 2 is 2.38 bits per heavy atom. The van der Waals surface area contributed by atoms with Crippen molar-refractivity contribution in [1.82, 2.24) is 4.90 Å². The predicted molar refractivity (Wildman–Crippen MR) is 72.3 cm³/mol. The fraction of sp³-hybridized carbons (Fsp3) is 0.500. The maximum Gasteiger partial charge on any atom is 0.0868 e. The number of rotatable bonds is 1. The lowest BCUT2D eigenvalue weighted by Gasteiger charge is -2.35. The molecular formula is C12H16N2S2. The molecule has 0 bridgehead atoms. The lowest BCUT2D eigenvalue weighted by atomic mass is 9.97. The number of thiophene rings is 2. The molecule has 2 aromatic rings. The smallest absolute Gasteiger partial charge is 0.0868 e. The van der Waals surface area contributed by atoms with E-state index in [-0.39, 0.29) is 0 Å². The average Bonchev–Trinajstić information content (AvgIpc) is 2.81. The standard InChI is InChI=1S/C12H16N2S2/c1-14-4-2-9(13)7-10(14)11-6-8-3-5-15-12(8)16-11/h3,5-6,9-10H,2,4,7,13H2,1H3. The predicted octanol–water partition coefficient (Wildman–Crippen LogP) is 3.06. The summed E-state index contributed by atoms with van der Waals surface area (Å²) in [6, 6.07) is 5.47. The Labute approximate surface area is 104 Å². The van der Waals surface area contributed by atoms with Gasteiger partial charge in [-0.1, -0.05) is 0 Å². The normalized spacial score (nSPS) is 27.6. The second-order valence-corrected chi connectivity index (χ2v) is 6.85. The topological polar surface area (TPSA) is 29.3 Å². The Morgan fingerprint density at radius 3 is 3.19 bits per heavy atom. The molecule has 0 aliphatic carbocycles. The van der Waals surface area contributed by atoms with E-state index >= 15 is 0 Å². The highest BCUT2D eigenvalue weighted by Crippen LogP contribution is 2.38. The molecule has 3 heterocycles. The molecule has 3 rings (SSSR count). The van der Waals surface area contributed by atoms with Gasteiger partial charge in [0.1, 0.15) is 0 Å². The van der Waals surface area contributed by atoms with Gasteiger partial charge in [-0.3, -0.25) is 4.90 Å². The summed E-state index contributed by atoms with van der Waals surface area (Å²) in [5, 5.41) is 3.57. The van der Waals surface area contributed by atoms with E-state index in [9.17, 15) is 0 Å². The van der Waals surface area contributed by atoms with Gasteiger partial charge < -0.3 is 5.73 Å². The lowest BCUT2D eigenvalue weighted by molar-refractivity contribution is 0.174. The summed E-state index contributed by atoms with van der Waals surface area (Å²) in [4.78, 5) is 3.93. The molecule has 2 aromatic heterocycles. The van der Waals surface area contributed by atoms with Crippen molar-refractivity contribution in [3.63, 3.8) is 0 Å². The van der Waals surface area contributed by atoms with Crippen LogP contribution in [0.15, 0.2) is 17.5 Å². The third kappa shape index (κ3) is 1.80. The van der Waals surface area contributed by atoms with Gasteiger partial charge in [0.05, 0.1) is 4.01 Å². The largest absolute Gasteiger partial charge is 0.328 e. The average molecular weight is 252 g/mol. The highest BCUT2D eigenvalue weighted by atomic mass is 32.2. The van der Waals surface area contributed by atoms with E-state index in [0.717, 1.165) is 19.4 Å². The monoisotopic (exact) mass is 252 g/mol. The highest BCUT2D eigenvalue weighted by molar-refractivity contribution is 7.37. The summed E-state index contributed by atoms with van der Waals surface area (Å²) in [7, 11) is 2.21. The van der Waals surface area contributed by atoms with Crippen LogP contribution in [0.3, 0.4) is 0 Å². The van der Waals surface area contributed by atoms with Crippen molar-refractivity contribution >= 4 is 32.1 Å². The second-order valence-electron chi connectivity index (χ2n) is 4.59. The molecule has 2 unspecified atom stereocenters. The molecule has 0 aromatic carbocycles. The van der Waals surface area contributed by atoms with E-state index in [1.165, 1.54) is 14.3 Å². The number of piperidine rings is 1. The van der Waals surface area contributed by atoms with Crippen LogP contribution in [0.4, 0.5) is 0 Å². The van der Waals surface area contributed by atoms with Crippen LogP contribution in [-0.2, 0) is 0 Å². The maximum atomic E-state index is 6.07. The Balaban J connectivity index is 1.93. The molecule has 0 saturated carbocycles. The van der Waals surface area contributed by atoms with Gasteiger partial charge in [-0.25, -0.2) is 0 Å². The number of hydrogen-bond donors (Lipinski definition) is 1. The van der Waals surface area contributed by atoms with Crippen molar-refractivity contribution in [3.05, 3.63) is 22.4 Å². The first-order valence-corrected chi connectivity index (χ1v) is 7.36. The van der Waals surface area contributed by atoms with Crippen LogP contribution in [0.5, 0.6) is 0 Å². The zero-order chi connectivity index (χ0) is 11.1. The van der Waals surface area contributed by atoms with Crippen molar-refractivity contribution < 1.29 is 0 Å². The van der Waals surface area contributed by atoms with Crippen molar-refractivity contribution in [1.29, 1.82) is 0 Å². The Bertz CT molecular complexity index is 459. The van der Waals surface area contributed by atoms with Crippen molar-refractivity contribution in [2.45, 2.75) is 24.9 Å². The van der Waals surface area contributed by atoms with Crippen LogP contribution in [0.1, 0.15) is 23.8 Å². The highest BCUT2D eigenvalue weighted by Gasteiger charge is 2.26. The third-order valence-electron chi connectivity index (χ3n) is 3.41. The molecule has 2 N–H and O–H groups in total. The zero-order valence-electron chi connectivity index (χ0n) is 9.35. The molecule has 0 radical (unpaired) electrons. The van der Waals surface area contributed by atoms with E-state index in [0.29, 0.717) is 12.1 Å². The first-order chi connectivity index (χ1) is 7.74. The minimum absolute atomic E-state index is 0.376. The van der Waals surface area contributed by atoms with Gasteiger partial charge in [-0.05, 0) is 43.9 Å². The van der Waals surface area contributed by atoms with Crippen molar-refractivity contribution in [2.75, 3.05) is 13.6 Å². The molecule has 4 heteroatoms. The van der Waals surface area contributed by atoms with Crippen molar-refractivity contribution in [3.8, 4) is 0 Å². The number of nitrogens with two attached hydrogens (primary N) is 1. The van der Waals surface area contributed by atoms with E-state index in [1.807, 2.05) is 22.7 Å².